The van der Waals surface area contributed by atoms with Crippen molar-refractivity contribution in [1.29, 1.82) is 0 Å². The summed E-state index contributed by atoms with van der Waals surface area (Å²) in [7, 11) is -3.42. The van der Waals surface area contributed by atoms with Crippen LogP contribution in [0.2, 0.25) is 0 Å². The third-order valence-electron chi connectivity index (χ3n) is 4.39. The van der Waals surface area contributed by atoms with Crippen LogP contribution < -0.4 is 9.62 Å². The second-order valence-electron chi connectivity index (χ2n) is 6.63. The zero-order chi connectivity index (χ0) is 18.3. The van der Waals surface area contributed by atoms with Gasteiger partial charge in [-0.1, -0.05) is 23.8 Å². The van der Waals surface area contributed by atoms with Crippen LogP contribution in [0.1, 0.15) is 44.1 Å². The predicted molar refractivity (Wildman–Crippen MR) is 102 cm³/mol. The van der Waals surface area contributed by atoms with E-state index < -0.39 is 10.0 Å². The summed E-state index contributed by atoms with van der Waals surface area (Å²) in [5.74, 6) is -0.113. The van der Waals surface area contributed by atoms with Crippen molar-refractivity contribution in [1.82, 2.24) is 5.32 Å². The highest BCUT2D eigenvalue weighted by atomic mass is 32.2. The zero-order valence-corrected chi connectivity index (χ0v) is 15.9. The molecule has 1 amide bonds. The molecule has 5 nitrogen and oxygen atoms in total. The second-order valence-corrected chi connectivity index (χ2v) is 8.54. The number of nitrogens with one attached hydrogen (secondary N) is 1. The molecule has 1 aliphatic rings. The van der Waals surface area contributed by atoms with Gasteiger partial charge in [-0.2, -0.15) is 0 Å². The minimum Gasteiger partial charge on any atom is -0.356 e. The third kappa shape index (κ3) is 6.53. The molecule has 2 rings (SSSR count). The van der Waals surface area contributed by atoms with E-state index in [1.165, 1.54) is 29.0 Å². The van der Waals surface area contributed by atoms with Gasteiger partial charge in [0, 0.05) is 19.5 Å². The van der Waals surface area contributed by atoms with Gasteiger partial charge in [-0.25, -0.2) is 8.42 Å². The Morgan fingerprint density at radius 2 is 2.08 bits per heavy atom. The van der Waals surface area contributed by atoms with Gasteiger partial charge < -0.3 is 5.32 Å². The van der Waals surface area contributed by atoms with Crippen LogP contribution in [0.5, 0.6) is 0 Å². The molecule has 0 atom stereocenters. The Labute approximate surface area is 151 Å². The Hall–Kier alpha value is -1.82. The topological polar surface area (TPSA) is 66.5 Å². The van der Waals surface area contributed by atoms with E-state index >= 15 is 0 Å². The molecular weight excluding hydrogens is 336 g/mol. The number of hydrogen-bond donors (Lipinski definition) is 1. The first-order chi connectivity index (χ1) is 11.9. The number of amides is 1. The van der Waals surface area contributed by atoms with Gasteiger partial charge in [0.1, 0.15) is 0 Å². The van der Waals surface area contributed by atoms with E-state index in [-0.39, 0.29) is 18.9 Å². The smallest absolute Gasteiger partial charge is 0.232 e. The molecule has 0 fully saturated rings. The standard InChI is InChI=1S/C19H28N2O3S/c1-16-7-6-10-18(15-16)21(25(2,23)24)14-12-19(22)20-13-11-17-8-4-3-5-9-17/h6-8,10,15H,3-5,9,11-14H2,1-2H3,(H,20,22). The number of hydrogen-bond acceptors (Lipinski definition) is 3. The lowest BCUT2D eigenvalue weighted by Crippen LogP contribution is -2.35. The number of carbonyl (C=O) groups excluding carboxylic acids is 1. The Balaban J connectivity index is 1.85. The summed E-state index contributed by atoms with van der Waals surface area (Å²) in [5, 5.41) is 2.90. The summed E-state index contributed by atoms with van der Waals surface area (Å²) >= 11 is 0. The lowest BCUT2D eigenvalue weighted by atomic mass is 9.97. The summed E-state index contributed by atoms with van der Waals surface area (Å²) in [5.41, 5.74) is 3.00. The van der Waals surface area contributed by atoms with E-state index in [4.69, 9.17) is 0 Å². The van der Waals surface area contributed by atoms with Gasteiger partial charge in [-0.3, -0.25) is 9.10 Å². The maximum atomic E-state index is 12.1. The lowest BCUT2D eigenvalue weighted by molar-refractivity contribution is -0.120. The molecule has 0 heterocycles. The molecular formula is C19H28N2O3S. The second kappa shape index (κ2) is 9.04. The Morgan fingerprint density at radius 1 is 1.28 bits per heavy atom. The van der Waals surface area contributed by atoms with E-state index in [0.29, 0.717) is 12.2 Å². The van der Waals surface area contributed by atoms with Crippen molar-refractivity contribution in [3.8, 4) is 0 Å². The molecule has 0 unspecified atom stereocenters. The number of anilines is 1. The summed E-state index contributed by atoms with van der Waals surface area (Å²) in [6.07, 6.45) is 9.25. The van der Waals surface area contributed by atoms with Crippen molar-refractivity contribution < 1.29 is 13.2 Å². The van der Waals surface area contributed by atoms with Crippen molar-refractivity contribution in [3.63, 3.8) is 0 Å². The SMILES string of the molecule is Cc1cccc(N(CCC(=O)NCCC2=CCCCC2)S(C)(=O)=O)c1. The molecule has 1 aliphatic carbocycles. The average molecular weight is 365 g/mol. The summed E-state index contributed by atoms with van der Waals surface area (Å²) in [4.78, 5) is 12.1. The van der Waals surface area contributed by atoms with Crippen molar-refractivity contribution in [2.24, 2.45) is 0 Å². The van der Waals surface area contributed by atoms with Gasteiger partial charge in [-0.05, 0) is 56.7 Å². The Bertz CT molecular complexity index is 726. The molecule has 0 aromatic heterocycles. The molecule has 6 heteroatoms. The van der Waals surface area contributed by atoms with E-state index in [1.54, 1.807) is 6.07 Å². The van der Waals surface area contributed by atoms with Gasteiger partial charge >= 0.3 is 0 Å². The highest BCUT2D eigenvalue weighted by molar-refractivity contribution is 7.92. The molecule has 138 valence electrons. The maximum absolute atomic E-state index is 12.1. The van der Waals surface area contributed by atoms with Crippen LogP contribution in [0.25, 0.3) is 0 Å². The minimum absolute atomic E-state index is 0.113. The van der Waals surface area contributed by atoms with Crippen molar-refractivity contribution in [2.75, 3.05) is 23.7 Å². The normalized spacial score (nSPS) is 14.7. The number of rotatable bonds is 8. The number of benzene rings is 1. The van der Waals surface area contributed by atoms with Gasteiger partial charge in [0.05, 0.1) is 11.9 Å². The number of sulfonamides is 1. The van der Waals surface area contributed by atoms with Crippen LogP contribution in [0.3, 0.4) is 0 Å². The van der Waals surface area contributed by atoms with E-state index in [9.17, 15) is 13.2 Å². The molecule has 0 saturated carbocycles. The number of allylic oxidation sites excluding steroid dienone is 1. The maximum Gasteiger partial charge on any atom is 0.232 e. The zero-order valence-electron chi connectivity index (χ0n) is 15.1. The van der Waals surface area contributed by atoms with Gasteiger partial charge in [0.2, 0.25) is 15.9 Å². The van der Waals surface area contributed by atoms with Crippen LogP contribution in [-0.4, -0.2) is 33.7 Å². The van der Waals surface area contributed by atoms with Crippen LogP contribution >= 0.6 is 0 Å². The highest BCUT2D eigenvalue weighted by Gasteiger charge is 2.18. The molecule has 0 radical (unpaired) electrons. The minimum atomic E-state index is -3.42. The number of aryl methyl sites for hydroxylation is 1. The van der Waals surface area contributed by atoms with Crippen LogP contribution in [0.4, 0.5) is 5.69 Å². The predicted octanol–water partition coefficient (Wildman–Crippen LogP) is 3.16. The van der Waals surface area contributed by atoms with Gasteiger partial charge in [-0.15, -0.1) is 0 Å². The van der Waals surface area contributed by atoms with Gasteiger partial charge in [0.25, 0.3) is 0 Å². The van der Waals surface area contributed by atoms with Gasteiger partial charge in [0.15, 0.2) is 0 Å². The number of nitrogens with zero attached hydrogens (tertiary/aromatic N) is 1. The first-order valence-corrected chi connectivity index (χ1v) is 10.7. The largest absolute Gasteiger partial charge is 0.356 e. The molecule has 0 saturated heterocycles. The van der Waals surface area contributed by atoms with Crippen LogP contribution in [0, 0.1) is 6.92 Å². The fraction of sp³-hybridized carbons (Fsp3) is 0.526. The average Bonchev–Trinajstić information content (AvgIpc) is 2.55. The summed E-state index contributed by atoms with van der Waals surface area (Å²) < 4.78 is 25.4. The quantitative estimate of drug-likeness (QED) is 0.721. The fourth-order valence-electron chi connectivity index (χ4n) is 3.06. The molecule has 0 bridgehead atoms. The van der Waals surface area contributed by atoms with E-state index in [0.717, 1.165) is 24.8 Å². The van der Waals surface area contributed by atoms with E-state index in [2.05, 4.69) is 11.4 Å². The van der Waals surface area contributed by atoms with Crippen LogP contribution in [-0.2, 0) is 14.8 Å². The molecule has 1 N–H and O–H groups in total. The molecule has 0 spiro atoms. The van der Waals surface area contributed by atoms with Crippen molar-refractivity contribution in [3.05, 3.63) is 41.5 Å². The molecule has 1 aromatic rings. The molecule has 0 aliphatic heterocycles. The summed E-state index contributed by atoms with van der Waals surface area (Å²) in [6.45, 7) is 2.68. The molecule has 25 heavy (non-hydrogen) atoms. The number of carbonyl (C=O) groups is 1. The van der Waals surface area contributed by atoms with Crippen LogP contribution in [0.15, 0.2) is 35.9 Å². The fourth-order valence-corrected chi connectivity index (χ4v) is 3.97. The summed E-state index contributed by atoms with van der Waals surface area (Å²) in [6, 6.07) is 7.30. The van der Waals surface area contributed by atoms with Crippen molar-refractivity contribution >= 4 is 21.6 Å². The first kappa shape index (κ1) is 19.5. The first-order valence-electron chi connectivity index (χ1n) is 8.85. The van der Waals surface area contributed by atoms with E-state index in [1.807, 2.05) is 25.1 Å². The lowest BCUT2D eigenvalue weighted by Gasteiger charge is -2.22. The highest BCUT2D eigenvalue weighted by Crippen LogP contribution is 2.20. The molecule has 1 aromatic carbocycles. The Kier molecular flexibility index (Phi) is 7.05. The third-order valence-corrected chi connectivity index (χ3v) is 5.58. The van der Waals surface area contributed by atoms with Crippen molar-refractivity contribution in [2.45, 2.75) is 45.4 Å². The Morgan fingerprint density at radius 3 is 2.72 bits per heavy atom. The monoisotopic (exact) mass is 364 g/mol.